The number of ether oxygens (including phenoxy) is 4. The minimum absolute atomic E-state index is 0.0556. The number of hydrogen-bond donors (Lipinski definition) is 0. The van der Waals surface area contributed by atoms with E-state index < -0.39 is 0 Å². The third-order valence-corrected chi connectivity index (χ3v) is 7.11. The fourth-order valence-electron chi connectivity index (χ4n) is 5.05. The van der Waals surface area contributed by atoms with Gasteiger partial charge in [-0.25, -0.2) is 5.01 Å². The number of benzene rings is 3. The first kappa shape index (κ1) is 25.0. The maximum atomic E-state index is 6.58. The first-order chi connectivity index (χ1) is 18.2. The number of unbranched alkanes of at least 4 members (excludes halogenated alkanes) is 4. The van der Waals surface area contributed by atoms with E-state index in [0.29, 0.717) is 0 Å². The molecule has 0 amide bonds. The zero-order chi connectivity index (χ0) is 25.6. The van der Waals surface area contributed by atoms with Crippen molar-refractivity contribution in [2.24, 2.45) is 5.10 Å². The Labute approximate surface area is 219 Å². The van der Waals surface area contributed by atoms with E-state index in [0.717, 1.165) is 64.8 Å². The molecule has 6 nitrogen and oxygen atoms in total. The van der Waals surface area contributed by atoms with Crippen LogP contribution in [-0.4, -0.2) is 31.5 Å². The van der Waals surface area contributed by atoms with Gasteiger partial charge in [0.25, 0.3) is 0 Å². The summed E-state index contributed by atoms with van der Waals surface area (Å²) in [4.78, 5) is 0. The maximum Gasteiger partial charge on any atom is 0.214 e. The minimum Gasteiger partial charge on any atom is -0.497 e. The van der Waals surface area contributed by atoms with Crippen LogP contribution < -0.4 is 18.9 Å². The van der Waals surface area contributed by atoms with Gasteiger partial charge in [-0.1, -0.05) is 44.7 Å². The normalized spacial score (nSPS) is 17.9. The molecule has 0 aromatic heterocycles. The number of hydrazone groups is 1. The van der Waals surface area contributed by atoms with Crippen LogP contribution in [0.25, 0.3) is 0 Å². The van der Waals surface area contributed by atoms with Gasteiger partial charge in [0, 0.05) is 17.5 Å². The second-order valence-electron chi connectivity index (χ2n) is 9.56. The van der Waals surface area contributed by atoms with Crippen molar-refractivity contribution >= 4 is 5.71 Å². The first-order valence-corrected chi connectivity index (χ1v) is 13.3. The number of nitrogens with zero attached hydrogens (tertiary/aromatic N) is 2. The van der Waals surface area contributed by atoms with Crippen molar-refractivity contribution in [1.29, 1.82) is 0 Å². The van der Waals surface area contributed by atoms with Gasteiger partial charge in [0.15, 0.2) is 11.5 Å². The Balaban J connectivity index is 1.38. The van der Waals surface area contributed by atoms with E-state index in [1.54, 1.807) is 14.2 Å². The van der Waals surface area contributed by atoms with Crippen LogP contribution in [0.2, 0.25) is 0 Å². The molecule has 0 saturated heterocycles. The Bertz CT molecular complexity index is 1210. The molecule has 0 bridgehead atoms. The van der Waals surface area contributed by atoms with E-state index >= 15 is 0 Å². The zero-order valence-electron chi connectivity index (χ0n) is 22.0. The molecule has 5 rings (SSSR count). The highest BCUT2D eigenvalue weighted by Crippen LogP contribution is 2.50. The van der Waals surface area contributed by atoms with Gasteiger partial charge in [0.05, 0.1) is 32.6 Å². The number of fused-ring (bicyclic) bond motifs is 3. The molecule has 194 valence electrons. The van der Waals surface area contributed by atoms with E-state index in [4.69, 9.17) is 24.0 Å². The Morgan fingerprint density at radius 2 is 1.62 bits per heavy atom. The van der Waals surface area contributed by atoms with E-state index in [9.17, 15) is 0 Å². The van der Waals surface area contributed by atoms with Crippen LogP contribution >= 0.6 is 0 Å². The van der Waals surface area contributed by atoms with Crippen molar-refractivity contribution in [3.05, 3.63) is 83.4 Å². The van der Waals surface area contributed by atoms with Gasteiger partial charge in [-0.05, 0) is 66.6 Å². The van der Waals surface area contributed by atoms with E-state index in [-0.39, 0.29) is 12.3 Å². The van der Waals surface area contributed by atoms with E-state index in [1.807, 2.05) is 36.4 Å². The lowest BCUT2D eigenvalue weighted by Crippen LogP contribution is -2.33. The molecule has 0 N–H and O–H groups in total. The molecule has 0 radical (unpaired) electrons. The molecule has 0 unspecified atom stereocenters. The third kappa shape index (κ3) is 5.38. The van der Waals surface area contributed by atoms with Gasteiger partial charge >= 0.3 is 0 Å². The molecule has 2 atom stereocenters. The number of methoxy groups -OCH3 is 2. The van der Waals surface area contributed by atoms with Crippen molar-refractivity contribution < 1.29 is 18.9 Å². The molecule has 2 aliphatic heterocycles. The predicted molar refractivity (Wildman–Crippen MR) is 146 cm³/mol. The molecular formula is C31H36N2O4. The predicted octanol–water partition coefficient (Wildman–Crippen LogP) is 7.30. The van der Waals surface area contributed by atoms with Crippen molar-refractivity contribution in [3.63, 3.8) is 0 Å². The molecule has 0 spiro atoms. The molecule has 37 heavy (non-hydrogen) atoms. The Morgan fingerprint density at radius 1 is 0.865 bits per heavy atom. The molecule has 2 aliphatic rings. The number of para-hydroxylation sites is 1. The lowest BCUT2D eigenvalue weighted by atomic mass is 9.95. The van der Waals surface area contributed by atoms with Gasteiger partial charge in [0.2, 0.25) is 6.23 Å². The molecule has 0 fully saturated rings. The SMILES string of the molecule is CCCCCCCOc1ccc([C@H]2Oc3c(OC)cccc3[C@@H]3CC(c4ccc(OC)cc4)=NN23)cc1. The summed E-state index contributed by atoms with van der Waals surface area (Å²) in [6, 6.07) is 22.4. The molecule has 0 aliphatic carbocycles. The van der Waals surface area contributed by atoms with Gasteiger partial charge in [-0.3, -0.25) is 0 Å². The number of rotatable bonds is 11. The average molecular weight is 501 g/mol. The lowest BCUT2D eigenvalue weighted by molar-refractivity contribution is -0.0209. The van der Waals surface area contributed by atoms with Crippen LogP contribution in [0, 0.1) is 0 Å². The average Bonchev–Trinajstić information content (AvgIpc) is 3.40. The standard InChI is InChI=1S/C31H36N2O4/c1-4-5-6-7-8-20-36-25-18-14-23(15-19-25)31-33-28(26-10-9-11-29(35-3)30(26)37-31)21-27(32-33)22-12-16-24(34-2)17-13-22/h9-19,28,31H,4-8,20-21H2,1-3H3/t28-,31+/m0/s1. The largest absolute Gasteiger partial charge is 0.497 e. The Morgan fingerprint density at radius 3 is 2.35 bits per heavy atom. The minimum atomic E-state index is -0.368. The zero-order valence-corrected chi connectivity index (χ0v) is 22.0. The fourth-order valence-corrected chi connectivity index (χ4v) is 5.05. The van der Waals surface area contributed by atoms with Crippen molar-refractivity contribution in [2.45, 2.75) is 57.7 Å². The molecular weight excluding hydrogens is 464 g/mol. The summed E-state index contributed by atoms with van der Waals surface area (Å²) < 4.78 is 23.6. The molecule has 0 saturated carbocycles. The molecule has 2 heterocycles. The number of hydrogen-bond acceptors (Lipinski definition) is 6. The summed E-state index contributed by atoms with van der Waals surface area (Å²) in [5.74, 6) is 3.24. The highest BCUT2D eigenvalue weighted by Gasteiger charge is 2.42. The lowest BCUT2D eigenvalue weighted by Gasteiger charge is -2.38. The Hall–Kier alpha value is -3.67. The Kier molecular flexibility index (Phi) is 7.83. The summed E-state index contributed by atoms with van der Waals surface area (Å²) in [5.41, 5.74) is 4.23. The highest BCUT2D eigenvalue weighted by atomic mass is 16.5. The topological polar surface area (TPSA) is 52.5 Å². The van der Waals surface area contributed by atoms with E-state index in [2.05, 4.69) is 42.3 Å². The monoisotopic (exact) mass is 500 g/mol. The van der Waals surface area contributed by atoms with Crippen molar-refractivity contribution in [3.8, 4) is 23.0 Å². The van der Waals surface area contributed by atoms with E-state index in [1.165, 1.54) is 25.7 Å². The van der Waals surface area contributed by atoms with Crippen LogP contribution in [0.3, 0.4) is 0 Å². The molecule has 3 aromatic carbocycles. The highest BCUT2D eigenvalue weighted by molar-refractivity contribution is 6.02. The second-order valence-corrected chi connectivity index (χ2v) is 9.56. The summed E-state index contributed by atoms with van der Waals surface area (Å²) >= 11 is 0. The summed E-state index contributed by atoms with van der Waals surface area (Å²) in [7, 11) is 3.36. The van der Waals surface area contributed by atoms with Crippen LogP contribution in [0.15, 0.2) is 71.8 Å². The quantitative estimate of drug-likeness (QED) is 0.259. The molecule has 6 heteroatoms. The van der Waals surface area contributed by atoms with Gasteiger partial charge in [0.1, 0.15) is 11.5 Å². The summed E-state index contributed by atoms with van der Waals surface area (Å²) in [6.07, 6.45) is 6.55. The van der Waals surface area contributed by atoms with Gasteiger partial charge in [-0.2, -0.15) is 5.10 Å². The van der Waals surface area contributed by atoms with Crippen LogP contribution in [-0.2, 0) is 0 Å². The van der Waals surface area contributed by atoms with Crippen molar-refractivity contribution in [1.82, 2.24) is 5.01 Å². The van der Waals surface area contributed by atoms with Crippen LogP contribution in [0.4, 0.5) is 0 Å². The first-order valence-electron chi connectivity index (χ1n) is 13.3. The van der Waals surface area contributed by atoms with Crippen LogP contribution in [0.1, 0.15) is 74.4 Å². The fraction of sp³-hybridized carbons (Fsp3) is 0.387. The second kappa shape index (κ2) is 11.6. The summed E-state index contributed by atoms with van der Waals surface area (Å²) in [5, 5.41) is 7.16. The summed E-state index contributed by atoms with van der Waals surface area (Å²) in [6.45, 7) is 2.98. The van der Waals surface area contributed by atoms with Gasteiger partial charge < -0.3 is 18.9 Å². The van der Waals surface area contributed by atoms with Crippen molar-refractivity contribution in [2.75, 3.05) is 20.8 Å². The van der Waals surface area contributed by atoms with Crippen LogP contribution in [0.5, 0.6) is 23.0 Å². The maximum absolute atomic E-state index is 6.58. The third-order valence-electron chi connectivity index (χ3n) is 7.11. The smallest absolute Gasteiger partial charge is 0.214 e. The van der Waals surface area contributed by atoms with Gasteiger partial charge in [-0.15, -0.1) is 0 Å². The molecule has 3 aromatic rings.